The molecule has 1 fully saturated rings. The molecule has 0 unspecified atom stereocenters. The number of nitrogens with zero attached hydrogens (tertiary/aromatic N) is 2. The van der Waals surface area contributed by atoms with Crippen LogP contribution in [0.2, 0.25) is 5.02 Å². The third kappa shape index (κ3) is 5.33. The number of benzene rings is 1. The number of carbonyl (C=O) groups is 1. The average molecular weight is 408 g/mol. The Morgan fingerprint density at radius 2 is 1.91 bits per heavy atom. The minimum atomic E-state index is -0.495. The summed E-state index contributed by atoms with van der Waals surface area (Å²) < 4.78 is 19.9. The van der Waals surface area contributed by atoms with Crippen molar-refractivity contribution in [2.24, 2.45) is 0 Å². The van der Waals surface area contributed by atoms with Gasteiger partial charge in [-0.3, -0.25) is 4.90 Å². The zero-order valence-corrected chi connectivity index (χ0v) is 15.9. The van der Waals surface area contributed by atoms with Gasteiger partial charge in [-0.2, -0.15) is 0 Å². The summed E-state index contributed by atoms with van der Waals surface area (Å²) in [6, 6.07) is 3.02. The Morgan fingerprint density at radius 1 is 1.30 bits per heavy atom. The van der Waals surface area contributed by atoms with Crippen LogP contribution in [0.5, 0.6) is 0 Å². The molecule has 0 bridgehead atoms. The summed E-state index contributed by atoms with van der Waals surface area (Å²) >= 11 is 9.24. The van der Waals surface area contributed by atoms with Crippen LogP contribution in [0.25, 0.3) is 0 Å². The molecule has 1 saturated heterocycles. The maximum Gasteiger partial charge on any atom is 0.410 e. The highest BCUT2D eigenvalue weighted by molar-refractivity contribution is 9.10. The monoisotopic (exact) mass is 406 g/mol. The lowest BCUT2D eigenvalue weighted by molar-refractivity contribution is 0.0138. The first-order valence-electron chi connectivity index (χ1n) is 7.49. The minimum absolute atomic E-state index is 0.282. The Kier molecular flexibility index (Phi) is 5.92. The fourth-order valence-corrected chi connectivity index (χ4v) is 2.84. The Morgan fingerprint density at radius 3 is 2.48 bits per heavy atom. The van der Waals surface area contributed by atoms with E-state index in [0.717, 1.165) is 0 Å². The molecule has 2 rings (SSSR count). The van der Waals surface area contributed by atoms with E-state index in [2.05, 4.69) is 20.8 Å². The second-order valence-electron chi connectivity index (χ2n) is 6.60. The van der Waals surface area contributed by atoms with E-state index >= 15 is 0 Å². The molecule has 0 spiro atoms. The van der Waals surface area contributed by atoms with Crippen molar-refractivity contribution in [3.8, 4) is 0 Å². The van der Waals surface area contributed by atoms with Gasteiger partial charge in [0.2, 0.25) is 0 Å². The third-order valence-electron chi connectivity index (χ3n) is 3.51. The van der Waals surface area contributed by atoms with Gasteiger partial charge in [-0.1, -0.05) is 11.6 Å². The molecule has 1 aromatic rings. The van der Waals surface area contributed by atoms with Gasteiger partial charge in [-0.15, -0.1) is 0 Å². The normalized spacial score (nSPS) is 16.5. The van der Waals surface area contributed by atoms with E-state index in [1.165, 1.54) is 6.07 Å². The predicted molar refractivity (Wildman–Crippen MR) is 92.2 cm³/mol. The number of carbonyl (C=O) groups excluding carboxylic acids is 1. The van der Waals surface area contributed by atoms with Crippen molar-refractivity contribution in [2.45, 2.75) is 32.9 Å². The second-order valence-corrected chi connectivity index (χ2v) is 7.86. The third-order valence-corrected chi connectivity index (χ3v) is 4.70. The number of ether oxygens (including phenoxy) is 1. The molecule has 0 saturated carbocycles. The molecule has 7 heteroatoms. The van der Waals surface area contributed by atoms with Crippen molar-refractivity contribution in [3.63, 3.8) is 0 Å². The molecule has 1 heterocycles. The predicted octanol–water partition coefficient (Wildman–Crippen LogP) is 4.29. The fourth-order valence-electron chi connectivity index (χ4n) is 2.34. The van der Waals surface area contributed by atoms with E-state index < -0.39 is 5.60 Å². The number of amides is 1. The molecule has 128 valence electrons. The number of hydrogen-bond donors (Lipinski definition) is 0. The second kappa shape index (κ2) is 7.36. The topological polar surface area (TPSA) is 32.8 Å². The molecule has 1 aliphatic rings. The summed E-state index contributed by atoms with van der Waals surface area (Å²) in [7, 11) is 0. The van der Waals surface area contributed by atoms with Crippen LogP contribution in [0.15, 0.2) is 16.6 Å². The molecule has 0 radical (unpaired) electrons. The standard InChI is InChI=1S/C16H21BrClFN2O2/c1-16(2,3)23-15(22)21-6-4-20(5-7-21)10-11-8-13(18)12(17)9-14(11)19/h8-9H,4-7,10H2,1-3H3. The maximum absolute atomic E-state index is 14.0. The van der Waals surface area contributed by atoms with Crippen molar-refractivity contribution < 1.29 is 13.9 Å². The van der Waals surface area contributed by atoms with Crippen LogP contribution < -0.4 is 0 Å². The lowest BCUT2D eigenvalue weighted by Gasteiger charge is -2.35. The van der Waals surface area contributed by atoms with Crippen LogP contribution >= 0.6 is 27.5 Å². The van der Waals surface area contributed by atoms with Gasteiger partial charge in [0.1, 0.15) is 11.4 Å². The molecular formula is C16H21BrClFN2O2. The van der Waals surface area contributed by atoms with Gasteiger partial charge in [0, 0.05) is 42.8 Å². The minimum Gasteiger partial charge on any atom is -0.444 e. The van der Waals surface area contributed by atoms with Crippen LogP contribution in [0, 0.1) is 5.82 Å². The highest BCUT2D eigenvalue weighted by Gasteiger charge is 2.26. The van der Waals surface area contributed by atoms with Gasteiger partial charge in [-0.05, 0) is 48.8 Å². The smallest absolute Gasteiger partial charge is 0.410 e. The van der Waals surface area contributed by atoms with E-state index in [0.29, 0.717) is 47.8 Å². The summed E-state index contributed by atoms with van der Waals surface area (Å²) in [6.07, 6.45) is -0.296. The van der Waals surface area contributed by atoms with Gasteiger partial charge < -0.3 is 9.64 Å². The van der Waals surface area contributed by atoms with Crippen LogP contribution in [-0.2, 0) is 11.3 Å². The first-order valence-corrected chi connectivity index (χ1v) is 8.66. The first-order chi connectivity index (χ1) is 10.7. The number of piperazine rings is 1. The Balaban J connectivity index is 1.90. The zero-order valence-electron chi connectivity index (χ0n) is 13.5. The summed E-state index contributed by atoms with van der Waals surface area (Å²) in [6.45, 7) is 8.50. The van der Waals surface area contributed by atoms with Crippen molar-refractivity contribution in [1.82, 2.24) is 9.80 Å². The molecule has 0 N–H and O–H groups in total. The number of halogens is 3. The highest BCUT2D eigenvalue weighted by atomic mass is 79.9. The molecule has 23 heavy (non-hydrogen) atoms. The largest absolute Gasteiger partial charge is 0.444 e. The first kappa shape index (κ1) is 18.5. The van der Waals surface area contributed by atoms with Gasteiger partial charge in [0.25, 0.3) is 0 Å². The van der Waals surface area contributed by atoms with Crippen molar-refractivity contribution >= 4 is 33.6 Å². The number of hydrogen-bond acceptors (Lipinski definition) is 3. The lowest BCUT2D eigenvalue weighted by Crippen LogP contribution is -2.49. The zero-order chi connectivity index (χ0) is 17.2. The van der Waals surface area contributed by atoms with Crippen molar-refractivity contribution in [2.75, 3.05) is 26.2 Å². The molecule has 0 aliphatic carbocycles. The molecule has 0 atom stereocenters. The van der Waals surface area contributed by atoms with Gasteiger partial charge in [0.05, 0.1) is 5.02 Å². The van der Waals surface area contributed by atoms with Crippen LogP contribution in [0.3, 0.4) is 0 Å². The van der Waals surface area contributed by atoms with Crippen LogP contribution in [0.1, 0.15) is 26.3 Å². The van der Waals surface area contributed by atoms with E-state index in [1.807, 2.05) is 20.8 Å². The summed E-state index contributed by atoms with van der Waals surface area (Å²) in [4.78, 5) is 15.8. The Bertz CT molecular complexity index is 584. The van der Waals surface area contributed by atoms with Crippen LogP contribution in [0.4, 0.5) is 9.18 Å². The fraction of sp³-hybridized carbons (Fsp3) is 0.562. The van der Waals surface area contributed by atoms with E-state index in [4.69, 9.17) is 16.3 Å². The summed E-state index contributed by atoms with van der Waals surface area (Å²) in [5, 5.41) is 0.494. The molecule has 0 aromatic heterocycles. The summed E-state index contributed by atoms with van der Waals surface area (Å²) in [5.41, 5.74) is 0.0647. The molecule has 1 aromatic carbocycles. The molecule has 4 nitrogen and oxygen atoms in total. The number of rotatable bonds is 2. The van der Waals surface area contributed by atoms with E-state index in [9.17, 15) is 9.18 Å². The Hall–Kier alpha value is -0.850. The maximum atomic E-state index is 14.0. The molecule has 1 amide bonds. The highest BCUT2D eigenvalue weighted by Crippen LogP contribution is 2.26. The lowest BCUT2D eigenvalue weighted by atomic mass is 10.2. The van der Waals surface area contributed by atoms with Gasteiger partial charge in [-0.25, -0.2) is 9.18 Å². The van der Waals surface area contributed by atoms with Gasteiger partial charge >= 0.3 is 6.09 Å². The molecule has 1 aliphatic heterocycles. The van der Waals surface area contributed by atoms with E-state index in [-0.39, 0.29) is 11.9 Å². The molecular weight excluding hydrogens is 387 g/mol. The van der Waals surface area contributed by atoms with Crippen molar-refractivity contribution in [1.29, 1.82) is 0 Å². The average Bonchev–Trinajstić information content (AvgIpc) is 2.43. The van der Waals surface area contributed by atoms with Crippen molar-refractivity contribution in [3.05, 3.63) is 33.0 Å². The summed E-state index contributed by atoms with van der Waals surface area (Å²) in [5.74, 6) is -0.282. The Labute approximate surface area is 149 Å². The van der Waals surface area contributed by atoms with Gasteiger partial charge in [0.15, 0.2) is 0 Å². The quantitative estimate of drug-likeness (QED) is 0.686. The SMILES string of the molecule is CC(C)(C)OC(=O)N1CCN(Cc2cc(Cl)c(Br)cc2F)CC1. The van der Waals surface area contributed by atoms with E-state index in [1.54, 1.807) is 11.0 Å². The van der Waals surface area contributed by atoms with Crippen LogP contribution in [-0.4, -0.2) is 47.7 Å².